The van der Waals surface area contributed by atoms with E-state index in [-0.39, 0.29) is 29.7 Å². The maximum Gasteiger partial charge on any atom is 0.324 e. The van der Waals surface area contributed by atoms with E-state index in [0.29, 0.717) is 0 Å². The molecule has 4 rings (SSSR count). The van der Waals surface area contributed by atoms with E-state index in [1.165, 1.54) is 10.5 Å². The summed E-state index contributed by atoms with van der Waals surface area (Å²) in [5.41, 5.74) is 4.76. The monoisotopic (exact) mass is 423 g/mol. The summed E-state index contributed by atoms with van der Waals surface area (Å²) < 4.78 is 0. The summed E-state index contributed by atoms with van der Waals surface area (Å²) in [7, 11) is 0. The summed E-state index contributed by atoms with van der Waals surface area (Å²) >= 11 is 0. The third-order valence-electron chi connectivity index (χ3n) is 7.22. The van der Waals surface area contributed by atoms with Gasteiger partial charge in [-0.3, -0.25) is 19.4 Å². The third-order valence-corrected chi connectivity index (χ3v) is 7.22. The van der Waals surface area contributed by atoms with Crippen LogP contribution in [-0.2, 0) is 9.59 Å². The fourth-order valence-electron chi connectivity index (χ4n) is 5.53. The lowest BCUT2D eigenvalue weighted by Crippen LogP contribution is -2.58. The van der Waals surface area contributed by atoms with Crippen molar-refractivity contribution < 1.29 is 14.4 Å². The van der Waals surface area contributed by atoms with Crippen LogP contribution in [0.1, 0.15) is 70.1 Å². The van der Waals surface area contributed by atoms with Crippen molar-refractivity contribution in [2.75, 3.05) is 4.90 Å². The van der Waals surface area contributed by atoms with Crippen molar-refractivity contribution in [1.82, 2.24) is 10.2 Å². The number of carbonyl (C=O) groups excluding carboxylic acids is 3. The predicted octanol–water partition coefficient (Wildman–Crippen LogP) is 4.54. The van der Waals surface area contributed by atoms with Gasteiger partial charge in [-0.1, -0.05) is 18.9 Å². The number of aryl methyl sites for hydroxylation is 2. The smallest absolute Gasteiger partial charge is 0.317 e. The second-order valence-corrected chi connectivity index (χ2v) is 9.94. The van der Waals surface area contributed by atoms with Crippen LogP contribution in [0.15, 0.2) is 18.2 Å². The van der Waals surface area contributed by atoms with Gasteiger partial charge in [0.25, 0.3) is 0 Å². The van der Waals surface area contributed by atoms with E-state index in [0.717, 1.165) is 48.1 Å². The number of imide groups is 1. The highest BCUT2D eigenvalue weighted by Gasteiger charge is 2.50. The molecule has 2 aliphatic heterocycles. The SMILES string of the molecule is CC1=CC(C)(C)N(C(=O)N[C@H](C)N2C(=O)[C@H]3CCCC[C@H]3C2=O)c2cc(C)c(C)cc21. The highest BCUT2D eigenvalue weighted by molar-refractivity contribution is 6.06. The Morgan fingerprint density at radius 1 is 1.03 bits per heavy atom. The summed E-state index contributed by atoms with van der Waals surface area (Å²) in [6.45, 7) is 11.9. The van der Waals surface area contributed by atoms with Crippen LogP contribution in [0.5, 0.6) is 0 Å². The van der Waals surface area contributed by atoms with Crippen LogP contribution < -0.4 is 10.2 Å². The molecule has 1 saturated carbocycles. The number of hydrogen-bond donors (Lipinski definition) is 1. The van der Waals surface area contributed by atoms with Gasteiger partial charge in [-0.25, -0.2) is 4.79 Å². The van der Waals surface area contributed by atoms with Gasteiger partial charge in [0.2, 0.25) is 11.8 Å². The molecule has 0 bridgehead atoms. The van der Waals surface area contributed by atoms with Gasteiger partial charge in [0.1, 0.15) is 6.17 Å². The Morgan fingerprint density at radius 3 is 2.16 bits per heavy atom. The first kappa shape index (κ1) is 21.6. The third kappa shape index (κ3) is 3.46. The van der Waals surface area contributed by atoms with Crippen LogP contribution in [-0.4, -0.2) is 34.5 Å². The van der Waals surface area contributed by atoms with Gasteiger partial charge in [0, 0.05) is 5.56 Å². The lowest BCUT2D eigenvalue weighted by Gasteiger charge is -2.42. The van der Waals surface area contributed by atoms with E-state index in [4.69, 9.17) is 0 Å². The van der Waals surface area contributed by atoms with Crippen LogP contribution in [0.4, 0.5) is 10.5 Å². The number of likely N-dealkylation sites (tertiary alicyclic amines) is 1. The molecule has 0 unspecified atom stereocenters. The Hall–Kier alpha value is -2.63. The number of benzene rings is 1. The van der Waals surface area contributed by atoms with Crippen molar-refractivity contribution in [3.05, 3.63) is 34.9 Å². The molecule has 1 aromatic rings. The second kappa shape index (κ2) is 7.50. The molecule has 0 radical (unpaired) electrons. The number of nitrogens with one attached hydrogen (secondary N) is 1. The van der Waals surface area contributed by atoms with Crippen LogP contribution in [0.3, 0.4) is 0 Å². The fraction of sp³-hybridized carbons (Fsp3) is 0.560. The molecule has 1 N–H and O–H groups in total. The van der Waals surface area contributed by atoms with Crippen LogP contribution in [0, 0.1) is 25.7 Å². The largest absolute Gasteiger partial charge is 0.324 e. The zero-order valence-electron chi connectivity index (χ0n) is 19.4. The molecule has 1 saturated heterocycles. The number of hydrogen-bond acceptors (Lipinski definition) is 3. The quantitative estimate of drug-likeness (QED) is 0.710. The summed E-state index contributed by atoms with van der Waals surface area (Å²) in [5.74, 6) is -0.709. The Balaban J connectivity index is 1.62. The molecule has 3 atom stereocenters. The number of fused-ring (bicyclic) bond motifs is 2. The van der Waals surface area contributed by atoms with Crippen molar-refractivity contribution in [1.29, 1.82) is 0 Å². The molecule has 31 heavy (non-hydrogen) atoms. The first-order valence-corrected chi connectivity index (χ1v) is 11.3. The molecular weight excluding hydrogens is 390 g/mol. The molecule has 2 heterocycles. The van der Waals surface area contributed by atoms with Crippen molar-refractivity contribution in [3.8, 4) is 0 Å². The van der Waals surface area contributed by atoms with Crippen LogP contribution in [0.2, 0.25) is 0 Å². The number of urea groups is 1. The lowest BCUT2D eigenvalue weighted by molar-refractivity contribution is -0.142. The van der Waals surface area contributed by atoms with Crippen molar-refractivity contribution in [3.63, 3.8) is 0 Å². The first-order chi connectivity index (χ1) is 14.5. The minimum Gasteiger partial charge on any atom is -0.317 e. The number of carbonyl (C=O) groups is 3. The number of amides is 4. The molecule has 3 aliphatic rings. The zero-order chi connectivity index (χ0) is 22.7. The minimum atomic E-state index is -0.684. The minimum absolute atomic E-state index is 0.136. The average molecular weight is 424 g/mol. The Morgan fingerprint density at radius 2 is 1.58 bits per heavy atom. The van der Waals surface area contributed by atoms with Gasteiger partial charge >= 0.3 is 6.03 Å². The zero-order valence-corrected chi connectivity index (χ0v) is 19.4. The summed E-state index contributed by atoms with van der Waals surface area (Å²) in [6.07, 6.45) is 4.91. The van der Waals surface area contributed by atoms with Crippen LogP contribution >= 0.6 is 0 Å². The molecule has 4 amide bonds. The van der Waals surface area contributed by atoms with E-state index in [2.05, 4.69) is 31.3 Å². The Labute approximate surface area is 184 Å². The van der Waals surface area contributed by atoms with E-state index >= 15 is 0 Å². The van der Waals surface area contributed by atoms with Crippen LogP contribution in [0.25, 0.3) is 5.57 Å². The Bertz CT molecular complexity index is 970. The summed E-state index contributed by atoms with van der Waals surface area (Å²) in [6, 6.07) is 3.86. The molecule has 1 aromatic carbocycles. The van der Waals surface area contributed by atoms with Gasteiger partial charge in [0.15, 0.2) is 0 Å². The molecule has 6 nitrogen and oxygen atoms in total. The van der Waals surface area contributed by atoms with Crippen molar-refractivity contribution in [2.45, 2.75) is 78.9 Å². The topological polar surface area (TPSA) is 69.7 Å². The van der Waals surface area contributed by atoms with E-state index in [1.54, 1.807) is 11.8 Å². The van der Waals surface area contributed by atoms with E-state index in [9.17, 15) is 14.4 Å². The maximum absolute atomic E-state index is 13.5. The van der Waals surface area contributed by atoms with Gasteiger partial charge < -0.3 is 5.32 Å². The predicted molar refractivity (Wildman–Crippen MR) is 121 cm³/mol. The maximum atomic E-state index is 13.5. The molecule has 0 spiro atoms. The molecule has 2 fully saturated rings. The molecule has 166 valence electrons. The van der Waals surface area contributed by atoms with Crippen molar-refractivity contribution in [2.24, 2.45) is 11.8 Å². The molecule has 6 heteroatoms. The van der Waals surface area contributed by atoms with Gasteiger partial charge in [-0.15, -0.1) is 0 Å². The Kier molecular flexibility index (Phi) is 5.23. The highest BCUT2D eigenvalue weighted by atomic mass is 16.2. The van der Waals surface area contributed by atoms with E-state index < -0.39 is 11.7 Å². The lowest BCUT2D eigenvalue weighted by atomic mass is 9.81. The van der Waals surface area contributed by atoms with Gasteiger partial charge in [0.05, 0.1) is 23.1 Å². The van der Waals surface area contributed by atoms with E-state index in [1.807, 2.05) is 26.8 Å². The number of anilines is 1. The standard InChI is InChI=1S/C25H33N3O3/c1-14-11-20-16(3)13-25(5,6)28(21(20)12-15(14)2)24(31)26-17(4)27-22(29)18-9-7-8-10-19(18)23(27)30/h11-13,17-19H,7-10H2,1-6H3,(H,26,31)/t17-,18-,19+/m0/s1. The number of rotatable bonds is 2. The normalized spacial score (nSPS) is 25.7. The van der Waals surface area contributed by atoms with Gasteiger partial charge in [-0.2, -0.15) is 0 Å². The summed E-state index contributed by atoms with van der Waals surface area (Å²) in [4.78, 5) is 42.4. The molecule has 0 aromatic heterocycles. The van der Waals surface area contributed by atoms with Gasteiger partial charge in [-0.05, 0) is 83.2 Å². The second-order valence-electron chi connectivity index (χ2n) is 9.94. The summed E-state index contributed by atoms with van der Waals surface area (Å²) in [5, 5.41) is 2.95. The first-order valence-electron chi connectivity index (χ1n) is 11.3. The fourth-order valence-corrected chi connectivity index (χ4v) is 5.53. The number of allylic oxidation sites excluding steroid dienone is 1. The number of nitrogens with zero attached hydrogens (tertiary/aromatic N) is 2. The van der Waals surface area contributed by atoms with Crippen molar-refractivity contribution >= 4 is 29.1 Å². The average Bonchev–Trinajstić information content (AvgIpc) is 2.94. The molecular formula is C25H33N3O3. The highest BCUT2D eigenvalue weighted by Crippen LogP contribution is 2.41. The molecule has 1 aliphatic carbocycles.